The molecule has 2 N–H and O–H groups in total. The van der Waals surface area contributed by atoms with Crippen LogP contribution < -0.4 is 5.32 Å². The van der Waals surface area contributed by atoms with Crippen molar-refractivity contribution in [3.05, 3.63) is 17.5 Å². The first-order chi connectivity index (χ1) is 8.55. The molecule has 0 radical (unpaired) electrons. The van der Waals surface area contributed by atoms with E-state index in [1.807, 2.05) is 0 Å². The van der Waals surface area contributed by atoms with Crippen molar-refractivity contribution in [2.24, 2.45) is 5.41 Å². The molecule has 18 heavy (non-hydrogen) atoms. The predicted octanol–water partition coefficient (Wildman–Crippen LogP) is 0.723. The number of aromatic nitrogens is 1. The van der Waals surface area contributed by atoms with E-state index in [2.05, 4.69) is 22.3 Å². The minimum absolute atomic E-state index is 0.179. The van der Waals surface area contributed by atoms with Crippen molar-refractivity contribution < 1.29 is 14.4 Å². The zero-order valence-electron chi connectivity index (χ0n) is 10.9. The SMILES string of the molecule is CC#Cc1cc(CCC(C)(CO)C(=O)NC)no1. The summed E-state index contributed by atoms with van der Waals surface area (Å²) in [5.41, 5.74) is -0.0686. The van der Waals surface area contributed by atoms with E-state index >= 15 is 0 Å². The van der Waals surface area contributed by atoms with Gasteiger partial charge in [-0.05, 0) is 32.6 Å². The highest BCUT2D eigenvalue weighted by Crippen LogP contribution is 2.23. The Morgan fingerprint density at radius 3 is 2.94 bits per heavy atom. The van der Waals surface area contributed by atoms with E-state index < -0.39 is 5.41 Å². The molecule has 1 heterocycles. The third-order valence-electron chi connectivity index (χ3n) is 2.86. The van der Waals surface area contributed by atoms with Gasteiger partial charge in [-0.15, -0.1) is 0 Å². The van der Waals surface area contributed by atoms with E-state index in [4.69, 9.17) is 4.52 Å². The number of carbonyl (C=O) groups is 1. The molecule has 0 saturated heterocycles. The number of aryl methyl sites for hydroxylation is 1. The Labute approximate surface area is 107 Å². The maximum absolute atomic E-state index is 11.7. The molecule has 0 saturated carbocycles. The number of hydrogen-bond acceptors (Lipinski definition) is 4. The maximum Gasteiger partial charge on any atom is 0.228 e. The number of nitrogens with zero attached hydrogens (tertiary/aromatic N) is 1. The molecule has 1 aromatic heterocycles. The highest BCUT2D eigenvalue weighted by molar-refractivity contribution is 5.82. The van der Waals surface area contributed by atoms with Gasteiger partial charge in [-0.3, -0.25) is 4.79 Å². The molecule has 0 aliphatic heterocycles. The van der Waals surface area contributed by atoms with Crippen LogP contribution in [0.4, 0.5) is 0 Å². The molecule has 0 aliphatic rings. The predicted molar refractivity (Wildman–Crippen MR) is 66.6 cm³/mol. The highest BCUT2D eigenvalue weighted by atomic mass is 16.5. The van der Waals surface area contributed by atoms with Crippen LogP contribution >= 0.6 is 0 Å². The summed E-state index contributed by atoms with van der Waals surface area (Å²) in [6.45, 7) is 3.24. The summed E-state index contributed by atoms with van der Waals surface area (Å²) in [5, 5.41) is 15.7. The van der Waals surface area contributed by atoms with Crippen LogP contribution in [0, 0.1) is 17.3 Å². The Morgan fingerprint density at radius 1 is 1.67 bits per heavy atom. The van der Waals surface area contributed by atoms with E-state index in [0.717, 1.165) is 5.69 Å². The lowest BCUT2D eigenvalue weighted by Crippen LogP contribution is -2.40. The summed E-state index contributed by atoms with van der Waals surface area (Å²) in [6, 6.07) is 1.75. The van der Waals surface area contributed by atoms with Crippen LogP contribution in [-0.4, -0.2) is 29.8 Å². The number of amides is 1. The summed E-state index contributed by atoms with van der Waals surface area (Å²) in [5.74, 6) is 5.82. The summed E-state index contributed by atoms with van der Waals surface area (Å²) in [4.78, 5) is 11.7. The van der Waals surface area contributed by atoms with Crippen LogP contribution in [-0.2, 0) is 11.2 Å². The van der Waals surface area contributed by atoms with Crippen LogP contribution in [0.25, 0.3) is 0 Å². The Bertz CT molecular complexity index is 470. The summed E-state index contributed by atoms with van der Waals surface area (Å²) >= 11 is 0. The third-order valence-corrected chi connectivity index (χ3v) is 2.86. The molecule has 5 heteroatoms. The van der Waals surface area contributed by atoms with E-state index in [1.54, 1.807) is 27.0 Å². The quantitative estimate of drug-likeness (QED) is 0.755. The Hall–Kier alpha value is -1.80. The van der Waals surface area contributed by atoms with Crippen molar-refractivity contribution in [3.63, 3.8) is 0 Å². The number of aliphatic hydroxyl groups excluding tert-OH is 1. The normalized spacial score (nSPS) is 13.3. The number of aliphatic hydroxyl groups is 1. The lowest BCUT2D eigenvalue weighted by atomic mass is 9.85. The average molecular weight is 250 g/mol. The molecule has 1 atom stereocenters. The lowest BCUT2D eigenvalue weighted by Gasteiger charge is -2.24. The fraction of sp³-hybridized carbons (Fsp3) is 0.538. The van der Waals surface area contributed by atoms with Gasteiger partial charge in [0.1, 0.15) is 0 Å². The molecule has 98 valence electrons. The largest absolute Gasteiger partial charge is 0.395 e. The molecular formula is C13H18N2O3. The maximum atomic E-state index is 11.7. The number of nitrogens with one attached hydrogen (secondary N) is 1. The van der Waals surface area contributed by atoms with Gasteiger partial charge in [0.15, 0.2) is 0 Å². The molecule has 1 aromatic rings. The molecule has 0 aromatic carbocycles. The molecule has 1 unspecified atom stereocenters. The van der Waals surface area contributed by atoms with Crippen molar-refractivity contribution in [3.8, 4) is 11.8 Å². The fourth-order valence-corrected chi connectivity index (χ4v) is 1.58. The van der Waals surface area contributed by atoms with Crippen molar-refractivity contribution in [1.29, 1.82) is 0 Å². The summed E-state index contributed by atoms with van der Waals surface area (Å²) in [7, 11) is 1.56. The van der Waals surface area contributed by atoms with Gasteiger partial charge in [0.05, 0.1) is 17.7 Å². The first-order valence-electron chi connectivity index (χ1n) is 5.77. The van der Waals surface area contributed by atoms with E-state index in [1.165, 1.54) is 0 Å². The van der Waals surface area contributed by atoms with E-state index in [9.17, 15) is 9.90 Å². The minimum Gasteiger partial charge on any atom is -0.395 e. The monoisotopic (exact) mass is 250 g/mol. The molecular weight excluding hydrogens is 232 g/mol. The Kier molecular flexibility index (Phi) is 4.93. The smallest absolute Gasteiger partial charge is 0.228 e. The number of rotatable bonds is 5. The molecule has 0 bridgehead atoms. The Morgan fingerprint density at radius 2 is 2.39 bits per heavy atom. The van der Waals surface area contributed by atoms with Gasteiger partial charge in [-0.1, -0.05) is 11.1 Å². The summed E-state index contributed by atoms with van der Waals surface area (Å²) in [6.07, 6.45) is 1.05. The van der Waals surface area contributed by atoms with Crippen molar-refractivity contribution >= 4 is 5.91 Å². The zero-order chi connectivity index (χ0) is 13.6. The highest BCUT2D eigenvalue weighted by Gasteiger charge is 2.31. The Balaban J connectivity index is 2.66. The second-order valence-electron chi connectivity index (χ2n) is 4.36. The van der Waals surface area contributed by atoms with Crippen LogP contribution in [0.15, 0.2) is 10.6 Å². The van der Waals surface area contributed by atoms with Crippen molar-refractivity contribution in [1.82, 2.24) is 10.5 Å². The van der Waals surface area contributed by atoms with Gasteiger partial charge in [0, 0.05) is 13.1 Å². The molecule has 0 spiro atoms. The second kappa shape index (κ2) is 6.22. The van der Waals surface area contributed by atoms with Gasteiger partial charge in [0.25, 0.3) is 0 Å². The van der Waals surface area contributed by atoms with E-state index in [0.29, 0.717) is 18.6 Å². The van der Waals surface area contributed by atoms with Crippen LogP contribution in [0.2, 0.25) is 0 Å². The van der Waals surface area contributed by atoms with Gasteiger partial charge in [-0.25, -0.2) is 0 Å². The van der Waals surface area contributed by atoms with Crippen molar-refractivity contribution in [2.75, 3.05) is 13.7 Å². The first-order valence-corrected chi connectivity index (χ1v) is 5.77. The van der Waals surface area contributed by atoms with Crippen molar-refractivity contribution in [2.45, 2.75) is 26.7 Å². The minimum atomic E-state index is -0.801. The first kappa shape index (κ1) is 14.3. The van der Waals surface area contributed by atoms with Gasteiger partial charge in [-0.2, -0.15) is 0 Å². The van der Waals surface area contributed by atoms with Gasteiger partial charge >= 0.3 is 0 Å². The molecule has 1 rings (SSSR count). The summed E-state index contributed by atoms with van der Waals surface area (Å²) < 4.78 is 5.00. The number of hydrogen-bond donors (Lipinski definition) is 2. The van der Waals surface area contributed by atoms with Gasteiger partial charge in [0.2, 0.25) is 11.7 Å². The van der Waals surface area contributed by atoms with Crippen LogP contribution in [0.3, 0.4) is 0 Å². The molecule has 1 amide bonds. The second-order valence-corrected chi connectivity index (χ2v) is 4.36. The standard InChI is InChI=1S/C13H18N2O3/c1-4-5-11-8-10(15-18-11)6-7-13(2,9-16)12(17)14-3/h8,16H,6-7,9H2,1-3H3,(H,14,17). The topological polar surface area (TPSA) is 75.4 Å². The van der Waals surface area contributed by atoms with Crippen LogP contribution in [0.1, 0.15) is 31.7 Å². The van der Waals surface area contributed by atoms with Crippen LogP contribution in [0.5, 0.6) is 0 Å². The average Bonchev–Trinajstić information content (AvgIpc) is 2.83. The molecule has 0 fully saturated rings. The third kappa shape index (κ3) is 3.34. The van der Waals surface area contributed by atoms with E-state index in [-0.39, 0.29) is 12.5 Å². The zero-order valence-corrected chi connectivity index (χ0v) is 10.9. The lowest BCUT2D eigenvalue weighted by molar-refractivity contribution is -0.132. The van der Waals surface area contributed by atoms with Gasteiger partial charge < -0.3 is 14.9 Å². The molecule has 5 nitrogen and oxygen atoms in total. The number of carbonyl (C=O) groups excluding carboxylic acids is 1. The molecule has 0 aliphatic carbocycles. The fourth-order valence-electron chi connectivity index (χ4n) is 1.58.